The molecule has 0 aliphatic heterocycles. The van der Waals surface area contributed by atoms with Gasteiger partial charge in [-0.05, 0) is 104 Å². The molecule has 19 N–H and O–H groups in total. The van der Waals surface area contributed by atoms with E-state index in [-0.39, 0.29) is 76.2 Å². The average molecular weight is 1110 g/mol. The molecule has 0 fully saturated rings. The lowest BCUT2D eigenvalue weighted by Gasteiger charge is -2.27. The highest BCUT2D eigenvalue weighted by molar-refractivity contribution is 5.97. The van der Waals surface area contributed by atoms with Crippen molar-refractivity contribution in [3.8, 4) is 5.75 Å². The van der Waals surface area contributed by atoms with Crippen molar-refractivity contribution in [3.63, 3.8) is 0 Å². The van der Waals surface area contributed by atoms with Crippen LogP contribution in [0.25, 0.3) is 10.8 Å². The topological polar surface area (TPSA) is 413 Å². The zero-order valence-electron chi connectivity index (χ0n) is 45.2. The lowest BCUT2D eigenvalue weighted by molar-refractivity contribution is -0.135. The van der Waals surface area contributed by atoms with Gasteiger partial charge in [0.05, 0.1) is 13.1 Å². The molecule has 24 heteroatoms. The van der Waals surface area contributed by atoms with E-state index in [0.717, 1.165) is 16.3 Å². The molecule has 0 radical (unpaired) electrons. The van der Waals surface area contributed by atoms with Crippen molar-refractivity contribution in [2.45, 2.75) is 120 Å². The maximum Gasteiger partial charge on any atom is 0.243 e. The predicted molar refractivity (Wildman–Crippen MR) is 302 cm³/mol. The highest BCUT2D eigenvalue weighted by atomic mass is 16.3. The second-order valence-corrected chi connectivity index (χ2v) is 19.2. The Morgan fingerprint density at radius 3 is 1.50 bits per heavy atom. The number of fused-ring (bicyclic) bond motifs is 1. The Hall–Kier alpha value is -8.64. The number of aromatic hydroxyl groups is 1. The van der Waals surface area contributed by atoms with Gasteiger partial charge in [-0.25, -0.2) is 0 Å². The molecular formula is C56H78N14O10. The minimum atomic E-state index is -1.37. The van der Waals surface area contributed by atoms with Crippen molar-refractivity contribution in [2.75, 3.05) is 32.7 Å². The first kappa shape index (κ1) is 63.9. The third-order valence-electron chi connectivity index (χ3n) is 12.8. The fraction of sp³-hybridized carbons (Fsp3) is 0.429. The Bertz CT molecular complexity index is 2720. The molecule has 24 nitrogen and oxygen atoms in total. The molecule has 9 amide bonds. The van der Waals surface area contributed by atoms with Crippen molar-refractivity contribution in [3.05, 3.63) is 114 Å². The number of guanidine groups is 1. The number of unbranched alkanes of at least 4 members (excludes halogenated alkanes) is 2. The zero-order valence-corrected chi connectivity index (χ0v) is 45.2. The fourth-order valence-corrected chi connectivity index (χ4v) is 8.42. The summed E-state index contributed by atoms with van der Waals surface area (Å²) in [4.78, 5) is 126. The molecular weight excluding hydrogens is 1030 g/mol. The third kappa shape index (κ3) is 23.1. The van der Waals surface area contributed by atoms with E-state index in [2.05, 4.69) is 47.5 Å². The van der Waals surface area contributed by atoms with E-state index < -0.39 is 103 Å². The molecule has 0 unspecified atom stereocenters. The van der Waals surface area contributed by atoms with E-state index in [9.17, 15) is 48.3 Å². The van der Waals surface area contributed by atoms with Gasteiger partial charge < -0.3 is 76.3 Å². The standard InChI is InChI=1S/C56H78N14O10/c1-2-47(72)66-45(30-35-13-4-3-5-14-35)54(79)70-46(31-36-21-24-40(71)25-22-36)55(80)68-42(18-9-11-27-58)52(77)67-43(19-12-28-62-56(60)61)53(78)69-44(32-37-20-23-38-15-6-7-16-39(38)29-37)51(76)64-33-48(73)63-34-49(74)65-41(50(59)75)17-8-10-26-57/h3-7,13-16,20-25,29,41-46,71H,2,8-12,17-19,26-28,30-34,57-58H2,1H3,(H2,59,75)(H,63,73)(H,64,76)(H,65,74)(H,66,72)(H,67,77)(H,68,80)(H,69,78)(H,70,79)(H4,60,61,62)/t41-,42-,43+,44-,45-,46-/m0/s1. The number of benzene rings is 4. The van der Waals surface area contributed by atoms with Crippen LogP contribution in [0, 0.1) is 0 Å². The summed E-state index contributed by atoms with van der Waals surface area (Å²) in [7, 11) is 0. The first-order valence-corrected chi connectivity index (χ1v) is 26.8. The van der Waals surface area contributed by atoms with Gasteiger partial charge in [0, 0.05) is 32.2 Å². The second kappa shape index (κ2) is 34.3. The van der Waals surface area contributed by atoms with Gasteiger partial charge >= 0.3 is 0 Å². The van der Waals surface area contributed by atoms with E-state index in [1.54, 1.807) is 49.4 Å². The molecule has 0 heterocycles. The van der Waals surface area contributed by atoms with Crippen molar-refractivity contribution in [2.24, 2.45) is 33.7 Å². The van der Waals surface area contributed by atoms with Crippen LogP contribution in [-0.4, -0.2) is 133 Å². The van der Waals surface area contributed by atoms with Crippen molar-refractivity contribution < 1.29 is 48.3 Å². The Morgan fingerprint density at radius 2 is 0.925 bits per heavy atom. The quantitative estimate of drug-likeness (QED) is 0.0148. The molecule has 0 aliphatic carbocycles. The Morgan fingerprint density at radius 1 is 0.463 bits per heavy atom. The number of phenolic OH excluding ortho intramolecular Hbond substituents is 1. The molecule has 0 aliphatic rings. The van der Waals surface area contributed by atoms with Crippen molar-refractivity contribution in [1.29, 1.82) is 0 Å². The largest absolute Gasteiger partial charge is 0.508 e. The highest BCUT2D eigenvalue weighted by Crippen LogP contribution is 2.18. The summed E-state index contributed by atoms with van der Waals surface area (Å²) in [6, 6.07) is 20.5. The van der Waals surface area contributed by atoms with Crippen LogP contribution < -0.4 is 71.2 Å². The number of nitrogens with one attached hydrogen (secondary N) is 8. The van der Waals surface area contributed by atoms with E-state index in [0.29, 0.717) is 43.4 Å². The molecule has 0 aromatic heterocycles. The summed E-state index contributed by atoms with van der Waals surface area (Å²) in [5.74, 6) is -6.72. The minimum Gasteiger partial charge on any atom is -0.508 e. The van der Waals surface area contributed by atoms with Crippen LogP contribution in [0.3, 0.4) is 0 Å². The fourth-order valence-electron chi connectivity index (χ4n) is 8.42. The number of carbonyl (C=O) groups is 9. The van der Waals surface area contributed by atoms with Crippen molar-refractivity contribution >= 4 is 69.9 Å². The maximum absolute atomic E-state index is 14.6. The Balaban J connectivity index is 1.60. The van der Waals surface area contributed by atoms with Crippen LogP contribution in [0.5, 0.6) is 5.75 Å². The summed E-state index contributed by atoms with van der Waals surface area (Å²) < 4.78 is 0. The number of phenols is 1. The number of nitrogens with zero attached hydrogens (tertiary/aromatic N) is 1. The maximum atomic E-state index is 14.6. The Labute approximate surface area is 465 Å². The number of rotatable bonds is 35. The predicted octanol–water partition coefficient (Wildman–Crippen LogP) is -1.08. The zero-order chi connectivity index (χ0) is 58.4. The van der Waals surface area contributed by atoms with E-state index in [4.69, 9.17) is 28.7 Å². The SMILES string of the molecule is CCC(=O)N[C@@H](Cc1ccccc1)C(=O)N[C@@H](Cc1ccc(O)cc1)C(=O)N[C@@H](CCCCN)C(=O)N[C@H](CCCN=C(N)N)C(=O)N[C@@H](Cc1ccc2ccccc2c1)C(=O)NCC(=O)NCC(=O)N[C@@H](CCCCN)C(N)=O. The molecule has 6 atom stereocenters. The van der Waals surface area contributed by atoms with Gasteiger partial charge in [0.1, 0.15) is 42.0 Å². The first-order chi connectivity index (χ1) is 38.4. The van der Waals surface area contributed by atoms with Crippen LogP contribution in [0.4, 0.5) is 0 Å². The molecule has 4 aromatic carbocycles. The van der Waals surface area contributed by atoms with Crippen LogP contribution in [-0.2, 0) is 62.4 Å². The number of hydrogen-bond donors (Lipinski definition) is 14. The molecule has 0 spiro atoms. The van der Waals surface area contributed by atoms with Gasteiger partial charge in [0.25, 0.3) is 0 Å². The molecule has 0 saturated carbocycles. The summed E-state index contributed by atoms with van der Waals surface area (Å²) in [5.41, 5.74) is 29.9. The first-order valence-electron chi connectivity index (χ1n) is 26.8. The monoisotopic (exact) mass is 1110 g/mol. The minimum absolute atomic E-state index is 0.0351. The molecule has 0 bridgehead atoms. The van der Waals surface area contributed by atoms with Gasteiger partial charge in [0.2, 0.25) is 53.2 Å². The lowest BCUT2D eigenvalue weighted by Crippen LogP contribution is -2.60. The number of carbonyl (C=O) groups excluding carboxylic acids is 9. The van der Waals surface area contributed by atoms with Gasteiger partial charge in [0.15, 0.2) is 5.96 Å². The van der Waals surface area contributed by atoms with Crippen LogP contribution in [0.1, 0.15) is 81.4 Å². The molecule has 4 aromatic rings. The molecule has 0 saturated heterocycles. The molecule has 80 heavy (non-hydrogen) atoms. The van der Waals surface area contributed by atoms with Crippen LogP contribution in [0.15, 0.2) is 102 Å². The third-order valence-corrected chi connectivity index (χ3v) is 12.8. The summed E-state index contributed by atoms with van der Waals surface area (Å²) >= 11 is 0. The highest BCUT2D eigenvalue weighted by Gasteiger charge is 2.33. The lowest BCUT2D eigenvalue weighted by atomic mass is 10.00. The van der Waals surface area contributed by atoms with E-state index in [1.165, 1.54) is 12.1 Å². The number of hydrogen-bond acceptors (Lipinski definition) is 13. The van der Waals surface area contributed by atoms with Crippen molar-refractivity contribution in [1.82, 2.24) is 42.5 Å². The smallest absolute Gasteiger partial charge is 0.243 e. The van der Waals surface area contributed by atoms with Gasteiger partial charge in [-0.1, -0.05) is 91.9 Å². The van der Waals surface area contributed by atoms with E-state index >= 15 is 0 Å². The normalized spacial score (nSPS) is 13.1. The molecule has 4 rings (SSSR count). The van der Waals surface area contributed by atoms with Crippen LogP contribution in [0.2, 0.25) is 0 Å². The second-order valence-electron chi connectivity index (χ2n) is 19.2. The van der Waals surface area contributed by atoms with Gasteiger partial charge in [-0.2, -0.15) is 0 Å². The summed E-state index contributed by atoms with van der Waals surface area (Å²) in [5, 5.41) is 32.9. The van der Waals surface area contributed by atoms with E-state index in [1.807, 2.05) is 42.5 Å². The Kier molecular flexibility index (Phi) is 27.4. The summed E-state index contributed by atoms with van der Waals surface area (Å²) in [6.45, 7) is 1.17. The number of amides is 9. The van der Waals surface area contributed by atoms with Gasteiger partial charge in [-0.3, -0.25) is 48.1 Å². The number of nitrogens with two attached hydrogens (primary N) is 5. The molecule has 432 valence electrons. The average Bonchev–Trinajstić information content (AvgIpc) is 3.44. The summed E-state index contributed by atoms with van der Waals surface area (Å²) in [6.07, 6.45) is 2.33. The van der Waals surface area contributed by atoms with Crippen LogP contribution >= 0.6 is 0 Å². The number of primary amides is 1. The number of aliphatic imine (C=N–C) groups is 1. The van der Waals surface area contributed by atoms with Gasteiger partial charge in [-0.15, -0.1) is 0 Å².